The first-order valence-electron chi connectivity index (χ1n) is 6.47. The molecule has 1 atom stereocenters. The van der Waals surface area contributed by atoms with Gasteiger partial charge < -0.3 is 20.5 Å². The van der Waals surface area contributed by atoms with Crippen LogP contribution in [-0.4, -0.2) is 29.9 Å². The maximum atomic E-state index is 11.5. The Balaban J connectivity index is 2.38. The first kappa shape index (κ1) is 15.3. The Kier molecular flexibility index (Phi) is 6.15. The lowest BCUT2D eigenvalue weighted by Gasteiger charge is -2.11. The number of benzene rings is 1. The molecule has 0 saturated heterocycles. The molecule has 19 heavy (non-hydrogen) atoms. The smallest absolute Gasteiger partial charge is 0.319 e. The summed E-state index contributed by atoms with van der Waals surface area (Å²) in [6.07, 6.45) is 0.254. The van der Waals surface area contributed by atoms with E-state index in [9.17, 15) is 4.79 Å². The Bertz CT molecular complexity index is 388. The van der Waals surface area contributed by atoms with Crippen molar-refractivity contribution in [3.63, 3.8) is 0 Å². The minimum absolute atomic E-state index is 0.127. The summed E-state index contributed by atoms with van der Waals surface area (Å²) < 4.78 is 5.51. The molecule has 1 aromatic rings. The standard InChI is InChI=1S/C14H22N2O3/c1-10(2)19-13-6-4-12(5-7-13)16-14(18)15-9-8-11(3)17/h4-7,10-11,17H,8-9H2,1-3H3,(H2,15,16,18). The van der Waals surface area contributed by atoms with Gasteiger partial charge in [-0.05, 0) is 51.5 Å². The number of hydrogen-bond donors (Lipinski definition) is 3. The van der Waals surface area contributed by atoms with Crippen LogP contribution in [0.15, 0.2) is 24.3 Å². The predicted octanol–water partition coefficient (Wildman–Crippen LogP) is 2.37. The van der Waals surface area contributed by atoms with Crippen molar-refractivity contribution in [1.82, 2.24) is 5.32 Å². The fraction of sp³-hybridized carbons (Fsp3) is 0.500. The zero-order valence-corrected chi connectivity index (χ0v) is 11.6. The van der Waals surface area contributed by atoms with Gasteiger partial charge in [0.25, 0.3) is 0 Å². The van der Waals surface area contributed by atoms with Crippen molar-refractivity contribution in [1.29, 1.82) is 0 Å². The molecule has 1 aromatic carbocycles. The van der Waals surface area contributed by atoms with Crippen LogP contribution < -0.4 is 15.4 Å². The molecule has 0 fully saturated rings. The topological polar surface area (TPSA) is 70.6 Å². The second-order valence-electron chi connectivity index (χ2n) is 4.71. The molecule has 5 heteroatoms. The van der Waals surface area contributed by atoms with Gasteiger partial charge in [-0.3, -0.25) is 0 Å². The second-order valence-corrected chi connectivity index (χ2v) is 4.71. The third-order valence-corrected chi connectivity index (χ3v) is 2.33. The highest BCUT2D eigenvalue weighted by atomic mass is 16.5. The molecule has 0 saturated carbocycles. The molecule has 0 aliphatic rings. The lowest BCUT2D eigenvalue weighted by atomic mass is 10.3. The van der Waals surface area contributed by atoms with Crippen molar-refractivity contribution in [3.8, 4) is 5.75 Å². The molecule has 1 unspecified atom stereocenters. The van der Waals surface area contributed by atoms with Crippen LogP contribution in [0.25, 0.3) is 0 Å². The molecule has 0 aliphatic carbocycles. The number of ether oxygens (including phenoxy) is 1. The van der Waals surface area contributed by atoms with E-state index in [0.717, 1.165) is 5.75 Å². The molecule has 106 valence electrons. The molecular weight excluding hydrogens is 244 g/mol. The van der Waals surface area contributed by atoms with Gasteiger partial charge in [-0.25, -0.2) is 4.79 Å². The number of urea groups is 1. The quantitative estimate of drug-likeness (QED) is 0.740. The molecule has 5 nitrogen and oxygen atoms in total. The van der Waals surface area contributed by atoms with Gasteiger partial charge in [0.05, 0.1) is 12.2 Å². The van der Waals surface area contributed by atoms with Crippen LogP contribution in [0.3, 0.4) is 0 Å². The summed E-state index contributed by atoms with van der Waals surface area (Å²) in [5, 5.41) is 14.4. The molecular formula is C14H22N2O3. The van der Waals surface area contributed by atoms with Crippen molar-refractivity contribution < 1.29 is 14.6 Å². The summed E-state index contributed by atoms with van der Waals surface area (Å²) in [6.45, 7) is 6.05. The van der Waals surface area contributed by atoms with Gasteiger partial charge in [0.2, 0.25) is 0 Å². The SMILES string of the molecule is CC(O)CCNC(=O)Nc1ccc(OC(C)C)cc1. The number of anilines is 1. The first-order chi connectivity index (χ1) is 8.97. The molecule has 0 heterocycles. The van der Waals surface area contributed by atoms with Gasteiger partial charge in [-0.15, -0.1) is 0 Å². The monoisotopic (exact) mass is 266 g/mol. The lowest BCUT2D eigenvalue weighted by molar-refractivity contribution is 0.184. The van der Waals surface area contributed by atoms with Gasteiger partial charge in [-0.2, -0.15) is 0 Å². The van der Waals surface area contributed by atoms with Crippen LogP contribution in [0.4, 0.5) is 10.5 Å². The van der Waals surface area contributed by atoms with E-state index >= 15 is 0 Å². The largest absolute Gasteiger partial charge is 0.491 e. The highest BCUT2D eigenvalue weighted by Crippen LogP contribution is 2.16. The van der Waals surface area contributed by atoms with E-state index in [2.05, 4.69) is 10.6 Å². The van der Waals surface area contributed by atoms with Crippen molar-refractivity contribution >= 4 is 11.7 Å². The van der Waals surface area contributed by atoms with E-state index in [1.807, 2.05) is 26.0 Å². The van der Waals surface area contributed by atoms with Crippen molar-refractivity contribution in [2.75, 3.05) is 11.9 Å². The third kappa shape index (κ3) is 6.67. The summed E-state index contributed by atoms with van der Waals surface area (Å²) in [5.41, 5.74) is 0.700. The van der Waals surface area contributed by atoms with Gasteiger partial charge in [0.1, 0.15) is 5.75 Å². The summed E-state index contributed by atoms with van der Waals surface area (Å²) in [5.74, 6) is 0.773. The summed E-state index contributed by atoms with van der Waals surface area (Å²) >= 11 is 0. The number of rotatable bonds is 6. The van der Waals surface area contributed by atoms with E-state index in [4.69, 9.17) is 9.84 Å². The number of nitrogens with one attached hydrogen (secondary N) is 2. The number of carbonyl (C=O) groups excluding carboxylic acids is 1. The maximum Gasteiger partial charge on any atom is 0.319 e. The first-order valence-corrected chi connectivity index (χ1v) is 6.47. The molecule has 0 aliphatic heterocycles. The Morgan fingerprint density at radius 2 is 1.89 bits per heavy atom. The average Bonchev–Trinajstić information content (AvgIpc) is 2.30. The van der Waals surface area contributed by atoms with E-state index in [-0.39, 0.29) is 12.1 Å². The number of carbonyl (C=O) groups is 1. The predicted molar refractivity (Wildman–Crippen MR) is 75.5 cm³/mol. The fourth-order valence-electron chi connectivity index (χ4n) is 1.46. The third-order valence-electron chi connectivity index (χ3n) is 2.33. The van der Waals surface area contributed by atoms with E-state index in [0.29, 0.717) is 18.7 Å². The number of aliphatic hydroxyl groups is 1. The van der Waals surface area contributed by atoms with Crippen LogP contribution >= 0.6 is 0 Å². The Morgan fingerprint density at radius 1 is 1.26 bits per heavy atom. The highest BCUT2D eigenvalue weighted by Gasteiger charge is 2.03. The van der Waals surface area contributed by atoms with Crippen LogP contribution in [0.2, 0.25) is 0 Å². The summed E-state index contributed by atoms with van der Waals surface area (Å²) in [4.78, 5) is 11.5. The highest BCUT2D eigenvalue weighted by molar-refractivity contribution is 5.89. The molecule has 3 N–H and O–H groups in total. The molecule has 0 bridgehead atoms. The maximum absolute atomic E-state index is 11.5. The Morgan fingerprint density at radius 3 is 2.42 bits per heavy atom. The fourth-order valence-corrected chi connectivity index (χ4v) is 1.46. The molecule has 0 aromatic heterocycles. The van der Waals surface area contributed by atoms with Crippen LogP contribution in [0.1, 0.15) is 27.2 Å². The normalized spacial score (nSPS) is 12.1. The Hall–Kier alpha value is -1.75. The minimum atomic E-state index is -0.409. The number of aliphatic hydroxyl groups excluding tert-OH is 1. The lowest BCUT2D eigenvalue weighted by Crippen LogP contribution is -2.30. The van der Waals surface area contributed by atoms with Crippen molar-refractivity contribution in [3.05, 3.63) is 24.3 Å². The molecule has 2 amide bonds. The van der Waals surface area contributed by atoms with Crippen molar-refractivity contribution in [2.24, 2.45) is 0 Å². The number of hydrogen-bond acceptors (Lipinski definition) is 3. The van der Waals surface area contributed by atoms with Gasteiger partial charge >= 0.3 is 6.03 Å². The van der Waals surface area contributed by atoms with E-state index in [1.54, 1.807) is 19.1 Å². The van der Waals surface area contributed by atoms with Gasteiger partial charge in [0.15, 0.2) is 0 Å². The summed E-state index contributed by atoms with van der Waals surface area (Å²) in [6, 6.07) is 6.91. The molecule has 0 radical (unpaired) electrons. The van der Waals surface area contributed by atoms with Crippen LogP contribution in [0.5, 0.6) is 5.75 Å². The minimum Gasteiger partial charge on any atom is -0.491 e. The van der Waals surface area contributed by atoms with Crippen molar-refractivity contribution in [2.45, 2.75) is 39.4 Å². The second kappa shape index (κ2) is 7.63. The van der Waals surface area contributed by atoms with Crippen LogP contribution in [-0.2, 0) is 0 Å². The van der Waals surface area contributed by atoms with E-state index < -0.39 is 6.10 Å². The molecule has 1 rings (SSSR count). The van der Waals surface area contributed by atoms with Crippen LogP contribution in [0, 0.1) is 0 Å². The zero-order valence-electron chi connectivity index (χ0n) is 11.6. The zero-order chi connectivity index (χ0) is 14.3. The average molecular weight is 266 g/mol. The number of amides is 2. The Labute approximate surface area is 114 Å². The molecule has 0 spiro atoms. The van der Waals surface area contributed by atoms with Gasteiger partial charge in [0, 0.05) is 12.2 Å². The van der Waals surface area contributed by atoms with Gasteiger partial charge in [-0.1, -0.05) is 0 Å². The summed E-state index contributed by atoms with van der Waals surface area (Å²) in [7, 11) is 0. The van der Waals surface area contributed by atoms with E-state index in [1.165, 1.54) is 0 Å².